The van der Waals surface area contributed by atoms with Gasteiger partial charge in [-0.15, -0.1) is 33.2 Å². The van der Waals surface area contributed by atoms with Crippen molar-refractivity contribution in [1.29, 1.82) is 0 Å². The molecular formula is C9H13Cl3S3Si. The van der Waals surface area contributed by atoms with Crippen LogP contribution in [0.2, 0.25) is 6.04 Å². The Bertz CT molecular complexity index is 286. The van der Waals surface area contributed by atoms with Gasteiger partial charge in [0.25, 0.3) is 0 Å². The van der Waals surface area contributed by atoms with Crippen molar-refractivity contribution < 1.29 is 0 Å². The van der Waals surface area contributed by atoms with Gasteiger partial charge in [-0.3, -0.25) is 0 Å². The van der Waals surface area contributed by atoms with E-state index in [0.29, 0.717) is 0 Å². The summed E-state index contributed by atoms with van der Waals surface area (Å²) in [6, 6.07) is -1.53. The number of rotatable bonds is 3. The van der Waals surface area contributed by atoms with Crippen LogP contribution in [-0.2, 0) is 0 Å². The predicted octanol–water partition coefficient (Wildman–Crippen LogP) is 5.47. The van der Waals surface area contributed by atoms with Crippen LogP contribution in [0.5, 0.6) is 0 Å². The third-order valence-corrected chi connectivity index (χ3v) is 12.0. The zero-order valence-electron chi connectivity index (χ0n) is 8.57. The van der Waals surface area contributed by atoms with Gasteiger partial charge in [0.05, 0.1) is 0 Å². The smallest absolute Gasteiger partial charge is 0.126 e. The van der Waals surface area contributed by atoms with E-state index in [4.69, 9.17) is 33.2 Å². The Kier molecular flexibility index (Phi) is 4.03. The Morgan fingerprint density at radius 2 is 1.81 bits per heavy atom. The van der Waals surface area contributed by atoms with E-state index in [9.17, 15) is 0 Å². The van der Waals surface area contributed by atoms with Crippen molar-refractivity contribution in [2.75, 3.05) is 0 Å². The van der Waals surface area contributed by atoms with Gasteiger partial charge in [0.15, 0.2) is 0 Å². The first-order valence-electron chi connectivity index (χ1n) is 5.60. The van der Waals surface area contributed by atoms with Crippen LogP contribution >= 0.6 is 64.7 Å². The summed E-state index contributed by atoms with van der Waals surface area (Å²) in [4.78, 5) is 0. The van der Waals surface area contributed by atoms with Crippen LogP contribution in [0, 0.1) is 17.8 Å². The van der Waals surface area contributed by atoms with E-state index in [1.165, 1.54) is 12.8 Å². The second kappa shape index (κ2) is 4.91. The Balaban J connectivity index is 1.60. The van der Waals surface area contributed by atoms with Crippen LogP contribution in [-0.4, -0.2) is 16.5 Å². The maximum Gasteiger partial charge on any atom is 0.341 e. The van der Waals surface area contributed by atoms with E-state index in [1.807, 2.05) is 9.83 Å². The monoisotopic (exact) mass is 350 g/mol. The van der Waals surface area contributed by atoms with Gasteiger partial charge in [-0.05, 0) is 52.9 Å². The summed E-state index contributed by atoms with van der Waals surface area (Å²) in [7, 11) is 6.22. The minimum absolute atomic E-state index is 0.848. The zero-order chi connectivity index (χ0) is 11.3. The summed E-state index contributed by atoms with van der Waals surface area (Å²) in [5, 5.41) is 1.83. The van der Waals surface area contributed by atoms with Crippen LogP contribution in [0.3, 0.4) is 0 Å². The third kappa shape index (κ3) is 2.54. The highest BCUT2D eigenvalue weighted by Crippen LogP contribution is 2.67. The number of halogens is 3. The first-order valence-corrected chi connectivity index (χ1v) is 14.5. The summed E-state index contributed by atoms with van der Waals surface area (Å²) in [6.07, 6.45) is 4.00. The van der Waals surface area contributed by atoms with E-state index in [-0.39, 0.29) is 0 Å². The van der Waals surface area contributed by atoms with Crippen molar-refractivity contribution in [2.24, 2.45) is 17.8 Å². The molecule has 2 aliphatic carbocycles. The highest BCUT2D eigenvalue weighted by molar-refractivity contribution is 9.11. The van der Waals surface area contributed by atoms with Crippen LogP contribution in [0.25, 0.3) is 0 Å². The topological polar surface area (TPSA) is 0 Å². The fraction of sp³-hybridized carbons (Fsp3) is 1.00. The highest BCUT2D eigenvalue weighted by Gasteiger charge is 2.55. The third-order valence-electron chi connectivity index (χ3n) is 4.10. The minimum atomic E-state index is -2.39. The quantitative estimate of drug-likeness (QED) is 0.376. The molecule has 0 spiro atoms. The van der Waals surface area contributed by atoms with Gasteiger partial charge in [0.1, 0.15) is 0 Å². The molecule has 3 aliphatic rings. The van der Waals surface area contributed by atoms with Gasteiger partial charge < -0.3 is 0 Å². The summed E-state index contributed by atoms with van der Waals surface area (Å²) in [6.45, 7) is 0. The van der Waals surface area contributed by atoms with E-state index >= 15 is 0 Å². The molecule has 3 rings (SSSR count). The molecule has 0 nitrogen and oxygen atoms in total. The van der Waals surface area contributed by atoms with Crippen LogP contribution in [0.1, 0.15) is 19.3 Å². The molecule has 0 amide bonds. The zero-order valence-corrected chi connectivity index (χ0v) is 14.3. The number of fused-ring (bicyclic) bond motifs is 5. The molecule has 2 saturated carbocycles. The largest absolute Gasteiger partial charge is 0.341 e. The predicted molar refractivity (Wildman–Crippen MR) is 82.8 cm³/mol. The number of hydrogen-bond acceptors (Lipinski definition) is 3. The molecule has 0 N–H and O–H groups in total. The maximum atomic E-state index is 5.98. The van der Waals surface area contributed by atoms with Crippen molar-refractivity contribution in [3.8, 4) is 0 Å². The highest BCUT2D eigenvalue weighted by atomic mass is 35.8. The Morgan fingerprint density at radius 3 is 2.56 bits per heavy atom. The van der Waals surface area contributed by atoms with Gasteiger partial charge in [-0.1, -0.05) is 21.6 Å². The van der Waals surface area contributed by atoms with Crippen molar-refractivity contribution in [1.82, 2.24) is 0 Å². The molecule has 0 aromatic carbocycles. The lowest BCUT2D eigenvalue weighted by molar-refractivity contribution is 0.340. The second-order valence-electron chi connectivity index (χ2n) is 5.00. The van der Waals surface area contributed by atoms with Gasteiger partial charge in [-0.2, -0.15) is 0 Å². The van der Waals surface area contributed by atoms with Gasteiger partial charge >= 0.3 is 6.00 Å². The maximum absolute atomic E-state index is 5.98. The Hall–Kier alpha value is 2.14. The lowest BCUT2D eigenvalue weighted by atomic mass is 9.86. The van der Waals surface area contributed by atoms with E-state index in [0.717, 1.165) is 40.7 Å². The summed E-state index contributed by atoms with van der Waals surface area (Å²) < 4.78 is 0. The van der Waals surface area contributed by atoms with Crippen molar-refractivity contribution in [2.45, 2.75) is 35.8 Å². The van der Waals surface area contributed by atoms with Crippen LogP contribution in [0.15, 0.2) is 0 Å². The van der Waals surface area contributed by atoms with Crippen molar-refractivity contribution in [3.05, 3.63) is 0 Å². The fourth-order valence-electron chi connectivity index (χ4n) is 3.44. The summed E-state index contributed by atoms with van der Waals surface area (Å²) in [5.41, 5.74) is 0. The van der Waals surface area contributed by atoms with Crippen molar-refractivity contribution >= 4 is 70.7 Å². The fourth-order valence-corrected chi connectivity index (χ4v) is 11.9. The molecule has 1 aliphatic heterocycles. The first kappa shape index (κ1) is 13.1. The Morgan fingerprint density at radius 1 is 1.06 bits per heavy atom. The molecule has 0 aromatic rings. The first-order chi connectivity index (χ1) is 7.54. The molecule has 1 heterocycles. The SMILES string of the molecule is Cl[Si](Cl)(Cl)CCC1CC2CC1C1SSSC21. The van der Waals surface area contributed by atoms with Gasteiger partial charge in [0, 0.05) is 10.5 Å². The van der Waals surface area contributed by atoms with Crippen molar-refractivity contribution in [3.63, 3.8) is 0 Å². The molecule has 16 heavy (non-hydrogen) atoms. The van der Waals surface area contributed by atoms with E-state index < -0.39 is 6.00 Å². The van der Waals surface area contributed by atoms with Gasteiger partial charge in [-0.25, -0.2) is 0 Å². The van der Waals surface area contributed by atoms with Crippen LogP contribution < -0.4 is 0 Å². The molecular weight excluding hydrogens is 339 g/mol. The van der Waals surface area contributed by atoms with E-state index in [1.54, 1.807) is 0 Å². The lowest BCUT2D eigenvalue weighted by Crippen LogP contribution is -2.30. The molecule has 1 saturated heterocycles. The average Bonchev–Trinajstić information content (AvgIpc) is 2.85. The van der Waals surface area contributed by atoms with Crippen LogP contribution in [0.4, 0.5) is 0 Å². The normalized spacial score (nSPS) is 46.3. The minimum Gasteiger partial charge on any atom is -0.126 e. The molecule has 0 aromatic heterocycles. The second-order valence-corrected chi connectivity index (χ2v) is 18.7. The molecule has 7 heteroatoms. The molecule has 5 unspecified atom stereocenters. The van der Waals surface area contributed by atoms with E-state index in [2.05, 4.69) is 21.6 Å². The summed E-state index contributed by atoms with van der Waals surface area (Å²) >= 11 is 17.9. The molecule has 0 radical (unpaired) electrons. The molecule has 5 atom stereocenters. The molecule has 3 fully saturated rings. The number of hydrogen-bond donors (Lipinski definition) is 0. The Labute approximate surface area is 123 Å². The molecule has 2 bridgehead atoms. The summed E-state index contributed by atoms with van der Waals surface area (Å²) in [5.74, 6) is 2.73. The standard InChI is InChI=1S/C9H13Cl3S3Si/c10-16(11,12)2-1-5-3-6-4-7(5)9-8(6)13-15-14-9/h5-9H,1-4H2. The lowest BCUT2D eigenvalue weighted by Gasteiger charge is -2.29. The average molecular weight is 352 g/mol. The van der Waals surface area contributed by atoms with Gasteiger partial charge in [0.2, 0.25) is 0 Å². The molecule has 92 valence electrons.